The number of benzene rings is 1. The Labute approximate surface area is 161 Å². The second-order valence-corrected chi connectivity index (χ2v) is 8.46. The largest absolute Gasteiger partial charge is 0.444 e. The van der Waals surface area contributed by atoms with Crippen LogP contribution in [0, 0.1) is 11.7 Å². The zero-order valence-corrected chi connectivity index (χ0v) is 17.0. The van der Waals surface area contributed by atoms with Crippen molar-refractivity contribution in [3.8, 4) is 0 Å². The summed E-state index contributed by atoms with van der Waals surface area (Å²) < 4.78 is 18.9. The molecular formula is C21H31FN2O3. The summed E-state index contributed by atoms with van der Waals surface area (Å²) in [5, 5.41) is 0. The first kappa shape index (κ1) is 21.2. The summed E-state index contributed by atoms with van der Waals surface area (Å²) >= 11 is 0. The van der Waals surface area contributed by atoms with E-state index in [9.17, 15) is 14.0 Å². The second-order valence-electron chi connectivity index (χ2n) is 8.46. The van der Waals surface area contributed by atoms with E-state index in [0.717, 1.165) is 18.4 Å². The molecule has 1 aromatic rings. The minimum Gasteiger partial charge on any atom is -0.444 e. The van der Waals surface area contributed by atoms with Crippen LogP contribution >= 0.6 is 0 Å². The number of hydrogen-bond acceptors (Lipinski definition) is 3. The fourth-order valence-electron chi connectivity index (χ4n) is 3.25. The molecule has 0 N–H and O–H groups in total. The van der Waals surface area contributed by atoms with Crippen molar-refractivity contribution in [1.82, 2.24) is 9.80 Å². The van der Waals surface area contributed by atoms with Crippen LogP contribution in [0.1, 0.15) is 53.0 Å². The first-order valence-corrected chi connectivity index (χ1v) is 9.59. The van der Waals surface area contributed by atoms with E-state index < -0.39 is 5.60 Å². The maximum atomic E-state index is 13.5. The zero-order valence-electron chi connectivity index (χ0n) is 17.0. The fraction of sp³-hybridized carbons (Fsp3) is 0.619. The predicted molar refractivity (Wildman–Crippen MR) is 103 cm³/mol. The van der Waals surface area contributed by atoms with E-state index in [4.69, 9.17) is 4.74 Å². The summed E-state index contributed by atoms with van der Waals surface area (Å²) in [7, 11) is 0. The lowest BCUT2D eigenvalue weighted by molar-refractivity contribution is -0.139. The molecule has 27 heavy (non-hydrogen) atoms. The van der Waals surface area contributed by atoms with Gasteiger partial charge < -0.3 is 14.5 Å². The quantitative estimate of drug-likeness (QED) is 0.789. The van der Waals surface area contributed by atoms with Crippen LogP contribution in [0.15, 0.2) is 24.3 Å². The first-order valence-electron chi connectivity index (χ1n) is 9.59. The molecule has 0 aromatic heterocycles. The van der Waals surface area contributed by atoms with Crippen LogP contribution in [0.4, 0.5) is 9.18 Å². The Balaban J connectivity index is 2.07. The number of hydrogen-bond donors (Lipinski definition) is 0. The number of carbonyl (C=O) groups excluding carboxylic acids is 2. The van der Waals surface area contributed by atoms with Crippen LogP contribution in [0.2, 0.25) is 0 Å². The van der Waals surface area contributed by atoms with Gasteiger partial charge in [0.05, 0.1) is 5.92 Å². The average molecular weight is 378 g/mol. The molecule has 1 fully saturated rings. The molecule has 5 nitrogen and oxygen atoms in total. The number of carbonyl (C=O) groups is 2. The molecule has 1 aliphatic rings. The number of nitrogens with zero attached hydrogens (tertiary/aromatic N) is 2. The summed E-state index contributed by atoms with van der Waals surface area (Å²) in [5.41, 5.74) is 0.201. The van der Waals surface area contributed by atoms with Gasteiger partial charge in [-0.3, -0.25) is 4.79 Å². The summed E-state index contributed by atoms with van der Waals surface area (Å²) in [4.78, 5) is 28.9. The Morgan fingerprint density at radius 3 is 2.63 bits per heavy atom. The molecule has 6 heteroatoms. The average Bonchev–Trinajstić information content (AvgIpc) is 2.57. The summed E-state index contributed by atoms with van der Waals surface area (Å²) in [6.07, 6.45) is 1.13. The minimum absolute atomic E-state index is 0.00233. The van der Waals surface area contributed by atoms with E-state index in [1.54, 1.807) is 15.9 Å². The van der Waals surface area contributed by atoms with E-state index in [0.29, 0.717) is 19.6 Å². The zero-order chi connectivity index (χ0) is 20.2. The van der Waals surface area contributed by atoms with Gasteiger partial charge in [-0.2, -0.15) is 0 Å². The lowest BCUT2D eigenvalue weighted by atomic mass is 9.96. The smallest absolute Gasteiger partial charge is 0.410 e. The number of piperidine rings is 1. The molecule has 2 amide bonds. The molecule has 1 heterocycles. The van der Waals surface area contributed by atoms with Gasteiger partial charge in [0.1, 0.15) is 11.4 Å². The molecule has 1 aromatic carbocycles. The maximum Gasteiger partial charge on any atom is 0.410 e. The van der Waals surface area contributed by atoms with Crippen molar-refractivity contribution in [2.24, 2.45) is 5.92 Å². The molecule has 0 saturated carbocycles. The third-order valence-electron chi connectivity index (χ3n) is 4.57. The van der Waals surface area contributed by atoms with Crippen LogP contribution in [-0.2, 0) is 16.1 Å². The van der Waals surface area contributed by atoms with Crippen molar-refractivity contribution < 1.29 is 18.7 Å². The van der Waals surface area contributed by atoms with Crippen molar-refractivity contribution in [2.45, 2.75) is 65.6 Å². The molecule has 0 radical (unpaired) electrons. The van der Waals surface area contributed by atoms with Crippen molar-refractivity contribution in [3.63, 3.8) is 0 Å². The Kier molecular flexibility index (Phi) is 6.84. The van der Waals surface area contributed by atoms with Gasteiger partial charge >= 0.3 is 6.09 Å². The molecule has 0 aliphatic carbocycles. The van der Waals surface area contributed by atoms with Gasteiger partial charge in [-0.15, -0.1) is 0 Å². The highest BCUT2D eigenvalue weighted by Crippen LogP contribution is 2.23. The van der Waals surface area contributed by atoms with Crippen LogP contribution in [0.3, 0.4) is 0 Å². The first-order chi connectivity index (χ1) is 12.6. The molecule has 1 saturated heterocycles. The highest BCUT2D eigenvalue weighted by molar-refractivity contribution is 5.80. The lowest BCUT2D eigenvalue weighted by Crippen LogP contribution is -2.49. The molecule has 2 rings (SSSR count). The monoisotopic (exact) mass is 378 g/mol. The van der Waals surface area contributed by atoms with E-state index in [2.05, 4.69) is 0 Å². The fourth-order valence-corrected chi connectivity index (χ4v) is 3.25. The van der Waals surface area contributed by atoms with E-state index >= 15 is 0 Å². The van der Waals surface area contributed by atoms with Crippen molar-refractivity contribution >= 4 is 12.0 Å². The Bertz CT molecular complexity index is 670. The number of halogens is 1. The minimum atomic E-state index is -0.560. The van der Waals surface area contributed by atoms with Crippen LogP contribution in [0.25, 0.3) is 0 Å². The van der Waals surface area contributed by atoms with Gasteiger partial charge in [-0.25, -0.2) is 9.18 Å². The SMILES string of the molecule is CC(C)N(Cc1cccc(F)c1)C(=O)[C@@H]1CCCN(C(=O)OC(C)(C)C)C1. The summed E-state index contributed by atoms with van der Waals surface area (Å²) in [6, 6.07) is 6.30. The third-order valence-corrected chi connectivity index (χ3v) is 4.57. The van der Waals surface area contributed by atoms with Crippen molar-refractivity contribution in [2.75, 3.05) is 13.1 Å². The van der Waals surface area contributed by atoms with Crippen LogP contribution in [0.5, 0.6) is 0 Å². The topological polar surface area (TPSA) is 49.9 Å². The molecule has 1 atom stereocenters. The number of rotatable bonds is 4. The number of likely N-dealkylation sites (tertiary alicyclic amines) is 1. The highest BCUT2D eigenvalue weighted by atomic mass is 19.1. The molecule has 1 aliphatic heterocycles. The van der Waals surface area contributed by atoms with E-state index in [-0.39, 0.29) is 29.8 Å². The predicted octanol–water partition coefficient (Wildman–Crippen LogP) is 4.21. The Morgan fingerprint density at radius 2 is 2.04 bits per heavy atom. The number of amides is 2. The van der Waals surface area contributed by atoms with E-state index in [1.807, 2.05) is 40.7 Å². The van der Waals surface area contributed by atoms with Gasteiger partial charge in [0.15, 0.2) is 0 Å². The third kappa shape index (κ3) is 6.22. The summed E-state index contributed by atoms with van der Waals surface area (Å²) in [6.45, 7) is 10.7. The van der Waals surface area contributed by atoms with Gasteiger partial charge in [0.25, 0.3) is 0 Å². The van der Waals surface area contributed by atoms with Gasteiger partial charge in [-0.1, -0.05) is 12.1 Å². The maximum absolute atomic E-state index is 13.5. The standard InChI is InChI=1S/C21H31FN2O3/c1-15(2)24(13-16-8-6-10-18(22)12-16)19(25)17-9-7-11-23(14-17)20(26)27-21(3,4)5/h6,8,10,12,15,17H,7,9,11,13-14H2,1-5H3/t17-/m1/s1. The highest BCUT2D eigenvalue weighted by Gasteiger charge is 2.33. The normalized spacial score (nSPS) is 17.7. The Morgan fingerprint density at radius 1 is 1.33 bits per heavy atom. The van der Waals surface area contributed by atoms with Gasteiger partial charge in [0, 0.05) is 25.7 Å². The number of ether oxygens (including phenoxy) is 1. The molecule has 150 valence electrons. The molecule has 0 bridgehead atoms. The van der Waals surface area contributed by atoms with Crippen LogP contribution < -0.4 is 0 Å². The van der Waals surface area contributed by atoms with Gasteiger partial charge in [-0.05, 0) is 65.2 Å². The van der Waals surface area contributed by atoms with Crippen molar-refractivity contribution in [3.05, 3.63) is 35.6 Å². The molecular weight excluding hydrogens is 347 g/mol. The Hall–Kier alpha value is -2.11. The van der Waals surface area contributed by atoms with Gasteiger partial charge in [0.2, 0.25) is 5.91 Å². The van der Waals surface area contributed by atoms with Crippen LogP contribution in [-0.4, -0.2) is 46.5 Å². The molecule has 0 spiro atoms. The van der Waals surface area contributed by atoms with Crippen molar-refractivity contribution in [1.29, 1.82) is 0 Å². The second kappa shape index (κ2) is 8.72. The lowest BCUT2D eigenvalue weighted by Gasteiger charge is -2.37. The molecule has 0 unspecified atom stereocenters. The summed E-state index contributed by atoms with van der Waals surface area (Å²) in [5.74, 6) is -0.567. The van der Waals surface area contributed by atoms with E-state index in [1.165, 1.54) is 12.1 Å².